The molecule has 1 heterocycles. The monoisotopic (exact) mass is 426 g/mol. The molecule has 0 aliphatic carbocycles. The van der Waals surface area contributed by atoms with Crippen molar-refractivity contribution in [3.05, 3.63) is 33.4 Å². The molecule has 0 radical (unpaired) electrons. The lowest BCUT2D eigenvalue weighted by Gasteiger charge is -2.37. The minimum atomic E-state index is -0.325. The average Bonchev–Trinajstić information content (AvgIpc) is 2.56. The molecular weight excluding hydrogens is 404 g/mol. The topological polar surface area (TPSA) is 50.8 Å². The van der Waals surface area contributed by atoms with Crippen molar-refractivity contribution in [2.75, 3.05) is 20.8 Å². The third-order valence-corrected chi connectivity index (χ3v) is 5.14. The molecule has 2 rings (SSSR count). The molecule has 1 aromatic rings. The Labute approximate surface area is 162 Å². The number of methoxy groups -OCH3 is 2. The van der Waals surface area contributed by atoms with Crippen LogP contribution in [0, 0.1) is 0 Å². The number of carbonyl (C=O) groups is 1. The zero-order chi connectivity index (χ0) is 18.7. The predicted octanol–water partition coefficient (Wildman–Crippen LogP) is 3.97. The molecule has 1 aromatic carbocycles. The second-order valence-electron chi connectivity index (χ2n) is 5.83. The molecule has 0 saturated heterocycles. The zero-order valence-electron chi connectivity index (χ0n) is 15.1. The van der Waals surface area contributed by atoms with Gasteiger partial charge < -0.3 is 19.7 Å². The van der Waals surface area contributed by atoms with Crippen molar-refractivity contribution >= 4 is 39.0 Å². The quantitative estimate of drug-likeness (QED) is 0.694. The van der Waals surface area contributed by atoms with Gasteiger partial charge in [-0.1, -0.05) is 6.92 Å². The third kappa shape index (κ3) is 3.82. The van der Waals surface area contributed by atoms with Crippen molar-refractivity contribution in [2.45, 2.75) is 33.2 Å². The van der Waals surface area contributed by atoms with Crippen LogP contribution in [0.4, 0.5) is 0 Å². The van der Waals surface area contributed by atoms with E-state index in [9.17, 15) is 4.79 Å². The fourth-order valence-corrected chi connectivity index (χ4v) is 4.05. The molecule has 1 aliphatic rings. The molecule has 0 amide bonds. The summed E-state index contributed by atoms with van der Waals surface area (Å²) in [5, 5.41) is 3.93. The van der Waals surface area contributed by atoms with Gasteiger partial charge >= 0.3 is 0 Å². The Hall–Kier alpha value is -1.60. The van der Waals surface area contributed by atoms with E-state index in [1.54, 1.807) is 21.1 Å². The van der Waals surface area contributed by atoms with Gasteiger partial charge in [0.25, 0.3) is 0 Å². The molecule has 1 unspecified atom stereocenters. The van der Waals surface area contributed by atoms with Crippen LogP contribution in [-0.4, -0.2) is 36.6 Å². The van der Waals surface area contributed by atoms with Crippen LogP contribution in [0.3, 0.4) is 0 Å². The van der Waals surface area contributed by atoms with Crippen LogP contribution in [0.25, 0.3) is 0 Å². The van der Waals surface area contributed by atoms with E-state index in [0.717, 1.165) is 28.7 Å². The van der Waals surface area contributed by atoms with Crippen LogP contribution in [0.5, 0.6) is 11.5 Å². The predicted molar refractivity (Wildman–Crippen MR) is 106 cm³/mol. The summed E-state index contributed by atoms with van der Waals surface area (Å²) in [6.45, 7) is 6.39. The SMILES string of the molecule is CCCN1C(=S)NC(c2cc(Br)c(OC)c(OC)c2)C(C(C)=O)=C1C. The van der Waals surface area contributed by atoms with Gasteiger partial charge in [0.2, 0.25) is 0 Å². The third-order valence-electron chi connectivity index (χ3n) is 4.21. The highest BCUT2D eigenvalue weighted by Crippen LogP contribution is 2.40. The van der Waals surface area contributed by atoms with E-state index in [-0.39, 0.29) is 11.8 Å². The molecule has 1 atom stereocenters. The number of halogens is 1. The zero-order valence-corrected chi connectivity index (χ0v) is 17.5. The lowest BCUT2D eigenvalue weighted by atomic mass is 9.92. The summed E-state index contributed by atoms with van der Waals surface area (Å²) >= 11 is 9.04. The summed E-state index contributed by atoms with van der Waals surface area (Å²) in [6.07, 6.45) is 0.941. The first-order valence-corrected chi connectivity index (χ1v) is 9.26. The first kappa shape index (κ1) is 19.7. The highest BCUT2D eigenvalue weighted by molar-refractivity contribution is 9.10. The Balaban J connectivity index is 2.59. The normalized spacial score (nSPS) is 17.4. The van der Waals surface area contributed by atoms with Gasteiger partial charge in [0, 0.05) is 17.8 Å². The number of carbonyl (C=O) groups excluding carboxylic acids is 1. The van der Waals surface area contributed by atoms with Gasteiger partial charge in [-0.15, -0.1) is 0 Å². The van der Waals surface area contributed by atoms with Gasteiger partial charge in [0.05, 0.1) is 24.7 Å². The summed E-state index contributed by atoms with van der Waals surface area (Å²) in [6, 6.07) is 3.47. The summed E-state index contributed by atoms with van der Waals surface area (Å²) in [5.74, 6) is 1.22. The highest BCUT2D eigenvalue weighted by Gasteiger charge is 2.32. The van der Waals surface area contributed by atoms with Crippen molar-refractivity contribution in [2.24, 2.45) is 0 Å². The number of hydrogen-bond acceptors (Lipinski definition) is 4. The van der Waals surface area contributed by atoms with Gasteiger partial charge in [-0.3, -0.25) is 4.79 Å². The minimum Gasteiger partial charge on any atom is -0.493 e. The van der Waals surface area contributed by atoms with E-state index < -0.39 is 0 Å². The van der Waals surface area contributed by atoms with E-state index in [2.05, 4.69) is 28.2 Å². The van der Waals surface area contributed by atoms with E-state index in [1.165, 1.54) is 0 Å². The highest BCUT2D eigenvalue weighted by atomic mass is 79.9. The second kappa shape index (κ2) is 8.19. The molecular formula is C18H23BrN2O3S. The fraction of sp³-hybridized carbons (Fsp3) is 0.444. The molecule has 0 fully saturated rings. The maximum absolute atomic E-state index is 12.4. The van der Waals surface area contributed by atoms with Crippen molar-refractivity contribution < 1.29 is 14.3 Å². The number of thiocarbonyl (C=S) groups is 1. The average molecular weight is 427 g/mol. The van der Waals surface area contributed by atoms with Crippen LogP contribution >= 0.6 is 28.1 Å². The molecule has 136 valence electrons. The Morgan fingerprint density at radius 3 is 2.56 bits per heavy atom. The number of rotatable bonds is 6. The minimum absolute atomic E-state index is 0.0181. The maximum Gasteiger partial charge on any atom is 0.174 e. The standard InChI is InChI=1S/C18H23BrN2O3S/c1-6-7-21-10(2)15(11(3)22)16(20-18(21)25)12-8-13(19)17(24-5)14(9-12)23-4/h8-9,16H,6-7H2,1-5H3,(H,20,25). The van der Waals surface area contributed by atoms with Gasteiger partial charge in [0.15, 0.2) is 22.4 Å². The molecule has 1 N–H and O–H groups in total. The van der Waals surface area contributed by atoms with Gasteiger partial charge in [-0.05, 0) is 66.1 Å². The molecule has 0 saturated carbocycles. The van der Waals surface area contributed by atoms with Crippen LogP contribution in [0.15, 0.2) is 27.9 Å². The van der Waals surface area contributed by atoms with Crippen molar-refractivity contribution in [1.82, 2.24) is 10.2 Å². The van der Waals surface area contributed by atoms with Gasteiger partial charge in [-0.25, -0.2) is 0 Å². The molecule has 25 heavy (non-hydrogen) atoms. The molecule has 1 aliphatic heterocycles. The lowest BCUT2D eigenvalue weighted by molar-refractivity contribution is -0.114. The Kier molecular flexibility index (Phi) is 6.46. The summed E-state index contributed by atoms with van der Waals surface area (Å²) in [4.78, 5) is 14.4. The number of ether oxygens (including phenoxy) is 2. The summed E-state index contributed by atoms with van der Waals surface area (Å²) in [5.41, 5.74) is 2.49. The van der Waals surface area contributed by atoms with Gasteiger partial charge in [0.1, 0.15) is 0 Å². The number of nitrogens with one attached hydrogen (secondary N) is 1. The Bertz CT molecular complexity index is 733. The van der Waals surface area contributed by atoms with Crippen molar-refractivity contribution in [3.8, 4) is 11.5 Å². The molecule has 0 aromatic heterocycles. The number of ketones is 1. The lowest BCUT2D eigenvalue weighted by Crippen LogP contribution is -2.47. The number of Topliss-reactive ketones (excluding diaryl/α,β-unsaturated/α-hetero) is 1. The second-order valence-corrected chi connectivity index (χ2v) is 7.07. The van der Waals surface area contributed by atoms with Crippen LogP contribution in [0.2, 0.25) is 0 Å². The fourth-order valence-electron chi connectivity index (χ4n) is 3.09. The first-order chi connectivity index (χ1) is 11.8. The first-order valence-electron chi connectivity index (χ1n) is 8.06. The smallest absolute Gasteiger partial charge is 0.174 e. The van der Waals surface area contributed by atoms with Crippen LogP contribution < -0.4 is 14.8 Å². The maximum atomic E-state index is 12.4. The largest absolute Gasteiger partial charge is 0.493 e. The molecule has 5 nitrogen and oxygen atoms in total. The molecule has 7 heteroatoms. The van der Waals surface area contributed by atoms with Gasteiger partial charge in [-0.2, -0.15) is 0 Å². The van der Waals surface area contributed by atoms with E-state index in [0.29, 0.717) is 22.2 Å². The van der Waals surface area contributed by atoms with Crippen LogP contribution in [-0.2, 0) is 4.79 Å². The number of hydrogen-bond donors (Lipinski definition) is 1. The van der Waals surface area contributed by atoms with Crippen molar-refractivity contribution in [1.29, 1.82) is 0 Å². The van der Waals surface area contributed by atoms with E-state index in [1.807, 2.05) is 24.0 Å². The van der Waals surface area contributed by atoms with Crippen LogP contribution in [0.1, 0.15) is 38.8 Å². The van der Waals surface area contributed by atoms with E-state index >= 15 is 0 Å². The molecule has 0 spiro atoms. The molecule has 0 bridgehead atoms. The Morgan fingerprint density at radius 1 is 1.36 bits per heavy atom. The summed E-state index contributed by atoms with van der Waals surface area (Å²) in [7, 11) is 3.17. The van der Waals surface area contributed by atoms with E-state index in [4.69, 9.17) is 21.7 Å². The number of nitrogens with zero attached hydrogens (tertiary/aromatic N) is 1. The number of allylic oxidation sites excluding steroid dienone is 1. The Morgan fingerprint density at radius 2 is 2.04 bits per heavy atom. The number of benzene rings is 1. The van der Waals surface area contributed by atoms with Crippen molar-refractivity contribution in [3.63, 3.8) is 0 Å². The summed E-state index contributed by atoms with van der Waals surface area (Å²) < 4.78 is 11.6.